The molecule has 25 heavy (non-hydrogen) atoms. The van der Waals surface area contributed by atoms with Gasteiger partial charge in [0.2, 0.25) is 11.7 Å². The number of pyridine rings is 1. The zero-order valence-corrected chi connectivity index (χ0v) is 13.6. The SMILES string of the molecule is C[C@H](C(=O)Nc1ccc(Cl)cn1)n1c(C(F)(F)F)nc2ccccc21. The van der Waals surface area contributed by atoms with E-state index in [0.29, 0.717) is 5.02 Å². The average molecular weight is 369 g/mol. The van der Waals surface area contributed by atoms with E-state index < -0.39 is 23.9 Å². The highest BCUT2D eigenvalue weighted by Gasteiger charge is 2.39. The second kappa shape index (κ2) is 6.36. The van der Waals surface area contributed by atoms with Crippen molar-refractivity contribution in [3.63, 3.8) is 0 Å². The third-order valence-corrected chi connectivity index (χ3v) is 3.82. The predicted molar refractivity (Wildman–Crippen MR) is 87.3 cm³/mol. The number of para-hydroxylation sites is 2. The monoisotopic (exact) mass is 368 g/mol. The van der Waals surface area contributed by atoms with Gasteiger partial charge in [0.15, 0.2) is 0 Å². The second-order valence-corrected chi connectivity index (χ2v) is 5.76. The van der Waals surface area contributed by atoms with Crippen molar-refractivity contribution in [2.45, 2.75) is 19.1 Å². The van der Waals surface area contributed by atoms with Crippen LogP contribution in [0.4, 0.5) is 19.0 Å². The van der Waals surface area contributed by atoms with Gasteiger partial charge in [-0.2, -0.15) is 13.2 Å². The maximum absolute atomic E-state index is 13.3. The summed E-state index contributed by atoms with van der Waals surface area (Å²) in [7, 11) is 0. The Balaban J connectivity index is 1.99. The van der Waals surface area contributed by atoms with E-state index in [1.165, 1.54) is 37.4 Å². The van der Waals surface area contributed by atoms with Crippen molar-refractivity contribution >= 4 is 34.4 Å². The van der Waals surface area contributed by atoms with Gasteiger partial charge < -0.3 is 9.88 Å². The number of carbonyl (C=O) groups is 1. The number of amides is 1. The Morgan fingerprint density at radius 2 is 1.96 bits per heavy atom. The van der Waals surface area contributed by atoms with Gasteiger partial charge in [-0.25, -0.2) is 9.97 Å². The Bertz CT molecular complexity index is 921. The van der Waals surface area contributed by atoms with E-state index in [4.69, 9.17) is 11.6 Å². The number of hydrogen-bond donors (Lipinski definition) is 1. The molecule has 9 heteroatoms. The molecule has 0 aliphatic heterocycles. The van der Waals surface area contributed by atoms with Crippen LogP contribution in [-0.2, 0) is 11.0 Å². The number of rotatable bonds is 3. The van der Waals surface area contributed by atoms with Crippen molar-refractivity contribution < 1.29 is 18.0 Å². The lowest BCUT2D eigenvalue weighted by atomic mass is 10.2. The lowest BCUT2D eigenvalue weighted by molar-refractivity contribution is -0.148. The number of carbonyl (C=O) groups excluding carboxylic acids is 1. The zero-order valence-electron chi connectivity index (χ0n) is 12.9. The van der Waals surface area contributed by atoms with Gasteiger partial charge in [0.1, 0.15) is 11.9 Å². The third-order valence-electron chi connectivity index (χ3n) is 3.59. The zero-order chi connectivity index (χ0) is 18.2. The van der Waals surface area contributed by atoms with Crippen LogP contribution in [-0.4, -0.2) is 20.4 Å². The first-order valence-corrected chi connectivity index (χ1v) is 7.62. The summed E-state index contributed by atoms with van der Waals surface area (Å²) in [4.78, 5) is 20.0. The highest BCUT2D eigenvalue weighted by Crippen LogP contribution is 2.34. The molecule has 0 aliphatic rings. The quantitative estimate of drug-likeness (QED) is 0.749. The molecule has 0 fully saturated rings. The maximum Gasteiger partial charge on any atom is 0.449 e. The summed E-state index contributed by atoms with van der Waals surface area (Å²) in [6.07, 6.45) is -3.36. The molecule has 2 heterocycles. The van der Waals surface area contributed by atoms with E-state index in [0.717, 1.165) is 4.57 Å². The molecule has 1 N–H and O–H groups in total. The Kier molecular flexibility index (Phi) is 4.38. The van der Waals surface area contributed by atoms with Crippen molar-refractivity contribution in [2.75, 3.05) is 5.32 Å². The van der Waals surface area contributed by atoms with Crippen molar-refractivity contribution in [3.05, 3.63) is 53.4 Å². The number of nitrogens with zero attached hydrogens (tertiary/aromatic N) is 3. The van der Waals surface area contributed by atoms with E-state index >= 15 is 0 Å². The van der Waals surface area contributed by atoms with Crippen molar-refractivity contribution in [1.82, 2.24) is 14.5 Å². The molecule has 0 aliphatic carbocycles. The molecule has 3 rings (SSSR count). The molecular weight excluding hydrogens is 357 g/mol. The van der Waals surface area contributed by atoms with Gasteiger partial charge in [-0.15, -0.1) is 0 Å². The first-order chi connectivity index (χ1) is 11.8. The Labute approximate surface area is 145 Å². The van der Waals surface area contributed by atoms with Gasteiger partial charge in [-0.3, -0.25) is 4.79 Å². The minimum absolute atomic E-state index is 0.166. The van der Waals surface area contributed by atoms with Crippen LogP contribution in [0, 0.1) is 0 Å². The van der Waals surface area contributed by atoms with Crippen molar-refractivity contribution in [2.24, 2.45) is 0 Å². The normalized spacial score (nSPS) is 13.0. The van der Waals surface area contributed by atoms with Gasteiger partial charge in [-0.05, 0) is 31.2 Å². The molecule has 2 aromatic heterocycles. The molecule has 3 aromatic rings. The van der Waals surface area contributed by atoms with Crippen molar-refractivity contribution in [1.29, 1.82) is 0 Å². The number of benzene rings is 1. The maximum atomic E-state index is 13.3. The van der Waals surface area contributed by atoms with Crippen LogP contribution in [0.25, 0.3) is 11.0 Å². The van der Waals surface area contributed by atoms with E-state index in [2.05, 4.69) is 15.3 Å². The van der Waals surface area contributed by atoms with Gasteiger partial charge >= 0.3 is 6.18 Å². The Hall–Kier alpha value is -2.61. The molecule has 0 saturated heterocycles. The lowest BCUT2D eigenvalue weighted by Crippen LogP contribution is -2.27. The summed E-state index contributed by atoms with van der Waals surface area (Å²) < 4.78 is 40.9. The number of anilines is 1. The first-order valence-electron chi connectivity index (χ1n) is 7.24. The van der Waals surface area contributed by atoms with Gasteiger partial charge in [0, 0.05) is 6.20 Å². The van der Waals surface area contributed by atoms with Crippen LogP contribution in [0.2, 0.25) is 5.02 Å². The topological polar surface area (TPSA) is 59.8 Å². The number of halogens is 4. The summed E-state index contributed by atoms with van der Waals surface area (Å²) in [6, 6.07) is 7.95. The molecule has 0 radical (unpaired) electrons. The first kappa shape index (κ1) is 17.2. The number of fused-ring (bicyclic) bond motifs is 1. The summed E-state index contributed by atoms with van der Waals surface area (Å²) >= 11 is 5.72. The molecular formula is C16H12ClF3N4O. The lowest BCUT2D eigenvalue weighted by Gasteiger charge is -2.18. The summed E-state index contributed by atoms with van der Waals surface area (Å²) in [5.74, 6) is -1.58. The molecule has 1 aromatic carbocycles. The minimum atomic E-state index is -4.69. The molecule has 0 saturated carbocycles. The number of hydrogen-bond acceptors (Lipinski definition) is 3. The average Bonchev–Trinajstić information content (AvgIpc) is 2.96. The molecule has 1 amide bonds. The molecule has 0 unspecified atom stereocenters. The third kappa shape index (κ3) is 3.43. The van der Waals surface area contributed by atoms with Crippen LogP contribution < -0.4 is 5.32 Å². The molecule has 0 spiro atoms. The van der Waals surface area contributed by atoms with E-state index in [1.54, 1.807) is 12.1 Å². The van der Waals surface area contributed by atoms with Crippen LogP contribution >= 0.6 is 11.6 Å². The highest BCUT2D eigenvalue weighted by atomic mass is 35.5. The van der Waals surface area contributed by atoms with Gasteiger partial charge in [0.25, 0.3) is 0 Å². The summed E-state index contributed by atoms with van der Waals surface area (Å²) in [5, 5.41) is 2.86. The number of aromatic nitrogens is 3. The number of alkyl halides is 3. The fourth-order valence-electron chi connectivity index (χ4n) is 2.43. The summed E-state index contributed by atoms with van der Waals surface area (Å²) in [5.41, 5.74) is 0.389. The van der Waals surface area contributed by atoms with Gasteiger partial charge in [0.05, 0.1) is 16.1 Å². The smallest absolute Gasteiger partial charge is 0.309 e. The molecule has 130 valence electrons. The van der Waals surface area contributed by atoms with E-state index in [1.807, 2.05) is 0 Å². The van der Waals surface area contributed by atoms with Crippen LogP contribution in [0.5, 0.6) is 0 Å². The largest absolute Gasteiger partial charge is 0.449 e. The second-order valence-electron chi connectivity index (χ2n) is 5.32. The molecule has 5 nitrogen and oxygen atoms in total. The van der Waals surface area contributed by atoms with E-state index in [-0.39, 0.29) is 16.9 Å². The van der Waals surface area contributed by atoms with Gasteiger partial charge in [-0.1, -0.05) is 23.7 Å². The molecule has 1 atom stereocenters. The Morgan fingerprint density at radius 1 is 1.24 bits per heavy atom. The fraction of sp³-hybridized carbons (Fsp3) is 0.188. The van der Waals surface area contributed by atoms with Crippen molar-refractivity contribution in [3.8, 4) is 0 Å². The van der Waals surface area contributed by atoms with Crippen LogP contribution in [0.1, 0.15) is 18.8 Å². The molecule has 0 bridgehead atoms. The predicted octanol–water partition coefficient (Wildman–Crippen LogP) is 4.30. The van der Waals surface area contributed by atoms with Crippen LogP contribution in [0.15, 0.2) is 42.6 Å². The Morgan fingerprint density at radius 3 is 2.60 bits per heavy atom. The van der Waals surface area contributed by atoms with Crippen LogP contribution in [0.3, 0.4) is 0 Å². The standard InChI is InChI=1S/C16H12ClF3N4O/c1-9(14(25)23-13-7-6-10(17)8-21-13)24-12-5-3-2-4-11(12)22-15(24)16(18,19)20/h2-9H,1H3,(H,21,23,25)/t9-/m1/s1. The number of imidazole rings is 1. The van der Waals surface area contributed by atoms with E-state index in [9.17, 15) is 18.0 Å². The highest BCUT2D eigenvalue weighted by molar-refractivity contribution is 6.30. The minimum Gasteiger partial charge on any atom is -0.309 e. The number of nitrogens with one attached hydrogen (secondary N) is 1. The fourth-order valence-corrected chi connectivity index (χ4v) is 2.55. The summed E-state index contributed by atoms with van der Waals surface area (Å²) in [6.45, 7) is 1.37.